The molecule has 0 N–H and O–H groups in total. The van der Waals surface area contributed by atoms with Crippen molar-refractivity contribution >= 4 is 10.9 Å². The molecule has 2 heterocycles. The average Bonchev–Trinajstić information content (AvgIpc) is 2.88. The van der Waals surface area contributed by atoms with Crippen LogP contribution < -0.4 is 0 Å². The Morgan fingerprint density at radius 2 is 1.82 bits per heavy atom. The van der Waals surface area contributed by atoms with Crippen molar-refractivity contribution in [1.29, 1.82) is 0 Å². The first kappa shape index (κ1) is 18.0. The highest BCUT2D eigenvalue weighted by atomic mass is 15.2. The number of aromatic nitrogens is 1. The Bertz CT molecular complexity index is 990. The fraction of sp³-hybridized carbons (Fsp3) is 0.462. The number of fused-ring (bicyclic) bond motifs is 3. The third-order valence-electron chi connectivity index (χ3n) is 6.89. The second-order valence-electron chi connectivity index (χ2n) is 9.16. The molecular weight excluding hydrogens is 340 g/mol. The van der Waals surface area contributed by atoms with Crippen LogP contribution in [0.25, 0.3) is 10.9 Å². The van der Waals surface area contributed by atoms with Gasteiger partial charge in [0.25, 0.3) is 0 Å². The van der Waals surface area contributed by atoms with Crippen LogP contribution in [0.3, 0.4) is 0 Å². The van der Waals surface area contributed by atoms with Crippen molar-refractivity contribution in [1.82, 2.24) is 9.47 Å². The van der Waals surface area contributed by atoms with Gasteiger partial charge in [0.2, 0.25) is 0 Å². The van der Waals surface area contributed by atoms with E-state index >= 15 is 0 Å². The molecule has 2 heteroatoms. The van der Waals surface area contributed by atoms with Gasteiger partial charge in [-0.05, 0) is 67.3 Å². The summed E-state index contributed by atoms with van der Waals surface area (Å²) in [6.07, 6.45) is 5.10. The van der Waals surface area contributed by atoms with Crippen molar-refractivity contribution in [2.45, 2.75) is 71.5 Å². The van der Waals surface area contributed by atoms with E-state index in [1.165, 1.54) is 59.8 Å². The van der Waals surface area contributed by atoms with Gasteiger partial charge in [-0.3, -0.25) is 4.90 Å². The smallest absolute Gasteiger partial charge is 0.0507 e. The van der Waals surface area contributed by atoms with Crippen LogP contribution in [0.4, 0.5) is 0 Å². The minimum Gasteiger partial charge on any atom is -0.343 e. The predicted octanol–water partition coefficient (Wildman–Crippen LogP) is 6.36. The van der Waals surface area contributed by atoms with E-state index in [-0.39, 0.29) is 0 Å². The minimum atomic E-state index is 0.573. The van der Waals surface area contributed by atoms with Crippen molar-refractivity contribution in [3.8, 4) is 0 Å². The highest BCUT2D eigenvalue weighted by molar-refractivity contribution is 5.86. The lowest BCUT2D eigenvalue weighted by atomic mass is 9.90. The summed E-state index contributed by atoms with van der Waals surface area (Å²) in [4.78, 5) is 2.76. The van der Waals surface area contributed by atoms with E-state index in [4.69, 9.17) is 0 Å². The number of benzene rings is 2. The first-order chi connectivity index (χ1) is 13.6. The highest BCUT2D eigenvalue weighted by Gasteiger charge is 2.33. The second-order valence-corrected chi connectivity index (χ2v) is 9.16. The summed E-state index contributed by atoms with van der Waals surface area (Å²) >= 11 is 0. The van der Waals surface area contributed by atoms with Crippen molar-refractivity contribution in [3.63, 3.8) is 0 Å². The Morgan fingerprint density at radius 1 is 1.00 bits per heavy atom. The highest BCUT2D eigenvalue weighted by Crippen LogP contribution is 2.42. The zero-order chi connectivity index (χ0) is 19.3. The lowest BCUT2D eigenvalue weighted by molar-refractivity contribution is 0.173. The Hall–Kier alpha value is -2.06. The summed E-state index contributed by atoms with van der Waals surface area (Å²) in [5.74, 6) is 0.604. The van der Waals surface area contributed by atoms with Crippen molar-refractivity contribution in [3.05, 3.63) is 70.4 Å². The standard InChI is InChI=1S/C26H32N2/c1-18(2)21-11-9-20(10-12-21)17-27-14-5-15-28-24-13-8-19(3)16-23(24)22-6-4-7-25(27)26(22)28/h8-13,16,18,25H,4-7,14-15,17H2,1-3H3. The predicted molar refractivity (Wildman–Crippen MR) is 118 cm³/mol. The van der Waals surface area contributed by atoms with Gasteiger partial charge in [0.05, 0.1) is 6.04 Å². The monoisotopic (exact) mass is 372 g/mol. The molecule has 3 aromatic rings. The molecule has 28 heavy (non-hydrogen) atoms. The minimum absolute atomic E-state index is 0.573. The quantitative estimate of drug-likeness (QED) is 0.519. The fourth-order valence-corrected chi connectivity index (χ4v) is 5.43. The van der Waals surface area contributed by atoms with E-state index in [1.807, 2.05) is 0 Å². The Balaban J connectivity index is 1.52. The van der Waals surface area contributed by atoms with E-state index in [1.54, 1.807) is 11.3 Å². The molecule has 0 radical (unpaired) electrons. The van der Waals surface area contributed by atoms with Gasteiger partial charge in [-0.25, -0.2) is 0 Å². The lowest BCUT2D eigenvalue weighted by Crippen LogP contribution is -2.31. The first-order valence-electron chi connectivity index (χ1n) is 11.1. The maximum atomic E-state index is 2.76. The fourth-order valence-electron chi connectivity index (χ4n) is 5.43. The maximum absolute atomic E-state index is 2.76. The molecular formula is C26H32N2. The molecule has 1 aliphatic carbocycles. The van der Waals surface area contributed by atoms with E-state index < -0.39 is 0 Å². The summed E-state index contributed by atoms with van der Waals surface area (Å²) < 4.78 is 2.66. The Morgan fingerprint density at radius 3 is 2.61 bits per heavy atom. The molecule has 146 valence electrons. The van der Waals surface area contributed by atoms with Crippen LogP contribution in [-0.4, -0.2) is 16.0 Å². The molecule has 2 nitrogen and oxygen atoms in total. The molecule has 2 aromatic carbocycles. The second kappa shape index (κ2) is 7.08. The molecule has 1 unspecified atom stereocenters. The molecule has 1 atom stereocenters. The van der Waals surface area contributed by atoms with Crippen molar-refractivity contribution in [2.24, 2.45) is 0 Å². The summed E-state index contributed by atoms with van der Waals surface area (Å²) in [6.45, 7) is 10.2. The van der Waals surface area contributed by atoms with Crippen molar-refractivity contribution in [2.75, 3.05) is 6.54 Å². The van der Waals surface area contributed by atoms with E-state index in [9.17, 15) is 0 Å². The topological polar surface area (TPSA) is 8.17 Å². The molecule has 0 saturated carbocycles. The number of nitrogens with zero attached hydrogens (tertiary/aromatic N) is 2. The van der Waals surface area contributed by atoms with Crippen LogP contribution in [0.5, 0.6) is 0 Å². The van der Waals surface area contributed by atoms with Gasteiger partial charge >= 0.3 is 0 Å². The average molecular weight is 373 g/mol. The van der Waals surface area contributed by atoms with Crippen LogP contribution in [0, 0.1) is 6.92 Å². The summed E-state index contributed by atoms with van der Waals surface area (Å²) in [5.41, 5.74) is 9.01. The third-order valence-corrected chi connectivity index (χ3v) is 6.89. The largest absolute Gasteiger partial charge is 0.343 e. The summed E-state index contributed by atoms with van der Waals surface area (Å²) in [5, 5.41) is 1.52. The van der Waals surface area contributed by atoms with Crippen LogP contribution in [0.1, 0.15) is 73.0 Å². The van der Waals surface area contributed by atoms with Gasteiger partial charge in [-0.1, -0.05) is 49.7 Å². The maximum Gasteiger partial charge on any atom is 0.0507 e. The molecule has 0 fully saturated rings. The number of hydrogen-bond donors (Lipinski definition) is 0. The van der Waals surface area contributed by atoms with Crippen LogP contribution in [0.2, 0.25) is 0 Å². The number of aryl methyl sites for hydroxylation is 3. The van der Waals surface area contributed by atoms with Gasteiger partial charge < -0.3 is 4.57 Å². The van der Waals surface area contributed by atoms with Crippen molar-refractivity contribution < 1.29 is 0 Å². The molecule has 0 amide bonds. The van der Waals surface area contributed by atoms with Gasteiger partial charge in [-0.15, -0.1) is 0 Å². The molecule has 0 saturated heterocycles. The number of rotatable bonds is 3. The van der Waals surface area contributed by atoms with Crippen LogP contribution in [0.15, 0.2) is 42.5 Å². The summed E-state index contributed by atoms with van der Waals surface area (Å²) in [6, 6.07) is 17.0. The van der Waals surface area contributed by atoms with Gasteiger partial charge in [0.1, 0.15) is 0 Å². The van der Waals surface area contributed by atoms with Crippen LogP contribution >= 0.6 is 0 Å². The normalized spacial score (nSPS) is 19.8. The van der Waals surface area contributed by atoms with E-state index in [0.29, 0.717) is 12.0 Å². The molecule has 1 aliphatic heterocycles. The molecule has 0 bridgehead atoms. The zero-order valence-electron chi connectivity index (χ0n) is 17.5. The molecule has 1 aromatic heterocycles. The Kier molecular flexibility index (Phi) is 4.55. The molecule has 5 rings (SSSR count). The SMILES string of the molecule is Cc1ccc2c(c1)c1c3n2CCCN(Cc2ccc(C(C)C)cc2)C3CCC1. The summed E-state index contributed by atoms with van der Waals surface area (Å²) in [7, 11) is 0. The van der Waals surface area contributed by atoms with Gasteiger partial charge in [0.15, 0.2) is 0 Å². The van der Waals surface area contributed by atoms with Gasteiger partial charge in [-0.2, -0.15) is 0 Å². The van der Waals surface area contributed by atoms with E-state index in [0.717, 1.165) is 13.1 Å². The molecule has 0 spiro atoms. The van der Waals surface area contributed by atoms with Gasteiger partial charge in [0, 0.05) is 36.2 Å². The lowest BCUT2D eigenvalue weighted by Gasteiger charge is -2.33. The van der Waals surface area contributed by atoms with Crippen LogP contribution in [-0.2, 0) is 19.5 Å². The first-order valence-corrected chi connectivity index (χ1v) is 11.1. The van der Waals surface area contributed by atoms with E-state index in [2.05, 4.69) is 72.7 Å². The molecule has 2 aliphatic rings. The third kappa shape index (κ3) is 2.99. The Labute approximate surface area is 169 Å². The number of hydrogen-bond acceptors (Lipinski definition) is 1. The zero-order valence-corrected chi connectivity index (χ0v) is 17.5.